The molecule has 0 bridgehead atoms. The Morgan fingerprint density at radius 3 is 2.72 bits per heavy atom. The number of hydrogen-bond acceptors (Lipinski definition) is 3. The number of rotatable bonds is 6. The van der Waals surface area contributed by atoms with E-state index in [9.17, 15) is 4.79 Å². The van der Waals surface area contributed by atoms with Gasteiger partial charge in [-0.1, -0.05) is 49.0 Å². The lowest BCUT2D eigenvalue weighted by Gasteiger charge is -2.15. The van der Waals surface area contributed by atoms with Crippen molar-refractivity contribution in [2.75, 3.05) is 0 Å². The smallest absolute Gasteiger partial charge is 0.244 e. The Bertz CT molecular complexity index is 929. The second-order valence-corrected chi connectivity index (χ2v) is 9.01. The number of benzene rings is 2. The van der Waals surface area contributed by atoms with E-state index >= 15 is 0 Å². The molecule has 3 unspecified atom stereocenters. The Kier molecular flexibility index (Phi) is 5.84. The number of nitrogens with one attached hydrogen (secondary N) is 1. The Morgan fingerprint density at radius 1 is 1.24 bits per heavy atom. The fourth-order valence-corrected chi connectivity index (χ4v) is 5.00. The maximum Gasteiger partial charge on any atom is 0.244 e. The summed E-state index contributed by atoms with van der Waals surface area (Å²) in [4.78, 5) is 12.4. The summed E-state index contributed by atoms with van der Waals surface area (Å²) >= 11 is 12.1. The van der Waals surface area contributed by atoms with Gasteiger partial charge in [0.2, 0.25) is 5.91 Å². The molecule has 2 aliphatic carbocycles. The van der Waals surface area contributed by atoms with Crippen molar-refractivity contribution in [3.8, 4) is 5.75 Å². The van der Waals surface area contributed by atoms with Crippen LogP contribution in [0.25, 0.3) is 0 Å². The molecule has 1 N–H and O–H groups in total. The zero-order chi connectivity index (χ0) is 20.4. The number of carbonyl (C=O) groups excluding carboxylic acids is 1. The van der Waals surface area contributed by atoms with Crippen LogP contribution in [0.3, 0.4) is 0 Å². The van der Waals surface area contributed by atoms with Crippen molar-refractivity contribution in [1.29, 1.82) is 0 Å². The monoisotopic (exact) mass is 430 g/mol. The maximum absolute atomic E-state index is 12.4. The lowest BCUT2D eigenvalue weighted by Crippen LogP contribution is -2.22. The first-order valence-electron chi connectivity index (χ1n) is 9.97. The maximum atomic E-state index is 12.4. The number of ether oxygens (including phenoxy) is 1. The summed E-state index contributed by atoms with van der Waals surface area (Å²) < 4.78 is 5.77. The van der Waals surface area contributed by atoms with Gasteiger partial charge >= 0.3 is 0 Å². The number of carbonyl (C=O) groups is 1. The number of amides is 1. The quantitative estimate of drug-likeness (QED) is 0.461. The molecule has 0 aromatic heterocycles. The molecule has 152 valence electrons. The van der Waals surface area contributed by atoms with E-state index in [1.807, 2.05) is 30.3 Å². The molecular weight excluding hydrogens is 407 g/mol. The van der Waals surface area contributed by atoms with E-state index in [2.05, 4.69) is 17.5 Å². The highest BCUT2D eigenvalue weighted by Crippen LogP contribution is 2.66. The van der Waals surface area contributed by atoms with Crippen LogP contribution in [0.15, 0.2) is 47.6 Å². The van der Waals surface area contributed by atoms with Crippen molar-refractivity contribution in [2.45, 2.75) is 39.2 Å². The van der Waals surface area contributed by atoms with Crippen molar-refractivity contribution >= 4 is 35.3 Å². The van der Waals surface area contributed by atoms with Gasteiger partial charge in [-0.15, -0.1) is 0 Å². The lowest BCUT2D eigenvalue weighted by molar-refractivity contribution is -0.123. The average Bonchev–Trinajstić information content (AvgIpc) is 3.34. The van der Waals surface area contributed by atoms with Crippen molar-refractivity contribution in [3.05, 3.63) is 63.6 Å². The van der Waals surface area contributed by atoms with Gasteiger partial charge in [0.25, 0.3) is 0 Å². The minimum atomic E-state index is 0.0513. The lowest BCUT2D eigenvalue weighted by atomic mass is 9.90. The van der Waals surface area contributed by atoms with Crippen LogP contribution in [0.5, 0.6) is 5.75 Å². The summed E-state index contributed by atoms with van der Waals surface area (Å²) in [5.41, 5.74) is 4.68. The highest BCUT2D eigenvalue weighted by molar-refractivity contribution is 6.35. The third-order valence-corrected chi connectivity index (χ3v) is 6.88. The minimum absolute atomic E-state index is 0.0513. The molecule has 2 aliphatic rings. The van der Waals surface area contributed by atoms with Crippen molar-refractivity contribution in [3.63, 3.8) is 0 Å². The molecule has 4 rings (SSSR count). The van der Waals surface area contributed by atoms with Crippen LogP contribution in [0.4, 0.5) is 0 Å². The number of halogens is 2. The van der Waals surface area contributed by atoms with Gasteiger partial charge < -0.3 is 4.74 Å². The Labute approximate surface area is 181 Å². The molecule has 0 radical (unpaired) electrons. The van der Waals surface area contributed by atoms with Crippen LogP contribution < -0.4 is 10.2 Å². The zero-order valence-corrected chi connectivity index (χ0v) is 17.8. The van der Waals surface area contributed by atoms with Crippen molar-refractivity contribution in [1.82, 2.24) is 5.43 Å². The molecular formula is C23H24Cl2N2O2. The Balaban J connectivity index is 1.27. The molecule has 0 aliphatic heterocycles. The predicted octanol–water partition coefficient (Wildman–Crippen LogP) is 5.85. The van der Waals surface area contributed by atoms with Crippen molar-refractivity contribution < 1.29 is 9.53 Å². The first kappa shape index (κ1) is 20.2. The molecule has 6 heteroatoms. The topological polar surface area (TPSA) is 50.7 Å². The SMILES string of the molecule is CC12CCCCC1C2C(=O)NN=Cc1ccc(OCc2ccc(Cl)cc2Cl)cc1. The molecule has 0 spiro atoms. The van der Waals surface area contributed by atoms with Crippen LogP contribution in [0.1, 0.15) is 43.7 Å². The highest BCUT2D eigenvalue weighted by atomic mass is 35.5. The van der Waals surface area contributed by atoms with Gasteiger partial charge in [-0.25, -0.2) is 5.43 Å². The molecule has 2 aromatic rings. The number of hydrazone groups is 1. The summed E-state index contributed by atoms with van der Waals surface area (Å²) in [6.45, 7) is 2.60. The molecule has 0 saturated heterocycles. The minimum Gasteiger partial charge on any atom is -0.489 e. The largest absolute Gasteiger partial charge is 0.489 e. The Morgan fingerprint density at radius 2 is 2.03 bits per heavy atom. The third kappa shape index (κ3) is 4.44. The molecule has 29 heavy (non-hydrogen) atoms. The number of nitrogens with zero attached hydrogens (tertiary/aromatic N) is 1. The van der Waals surface area contributed by atoms with E-state index < -0.39 is 0 Å². The van der Waals surface area contributed by atoms with Gasteiger partial charge in [-0.3, -0.25) is 4.79 Å². The molecule has 3 atom stereocenters. The normalized spacial score (nSPS) is 25.5. The van der Waals surface area contributed by atoms with E-state index in [1.54, 1.807) is 18.3 Å². The molecule has 4 nitrogen and oxygen atoms in total. The fraction of sp³-hybridized carbons (Fsp3) is 0.391. The summed E-state index contributed by atoms with van der Waals surface area (Å²) in [5.74, 6) is 1.44. The summed E-state index contributed by atoms with van der Waals surface area (Å²) in [5, 5.41) is 5.33. The molecule has 0 heterocycles. The highest BCUT2D eigenvalue weighted by Gasteiger charge is 2.64. The van der Waals surface area contributed by atoms with Gasteiger partial charge in [-0.05, 0) is 66.1 Å². The first-order chi connectivity index (χ1) is 14.0. The van der Waals surface area contributed by atoms with Gasteiger partial charge in [0.15, 0.2) is 0 Å². The number of fused-ring (bicyclic) bond motifs is 1. The first-order valence-corrected chi connectivity index (χ1v) is 10.7. The van der Waals surface area contributed by atoms with Crippen LogP contribution in [0, 0.1) is 17.3 Å². The molecule has 2 aromatic carbocycles. The third-order valence-electron chi connectivity index (χ3n) is 6.29. The predicted molar refractivity (Wildman–Crippen MR) is 117 cm³/mol. The molecule has 2 fully saturated rings. The molecule has 1 amide bonds. The van der Waals surface area contributed by atoms with Gasteiger partial charge in [0.1, 0.15) is 12.4 Å². The van der Waals surface area contributed by atoms with Crippen LogP contribution in [-0.2, 0) is 11.4 Å². The van der Waals surface area contributed by atoms with Crippen LogP contribution in [-0.4, -0.2) is 12.1 Å². The molecule has 2 saturated carbocycles. The summed E-state index contributed by atoms with van der Waals surface area (Å²) in [6, 6.07) is 12.9. The van der Waals surface area contributed by atoms with Gasteiger partial charge in [-0.2, -0.15) is 5.10 Å². The summed E-state index contributed by atoms with van der Waals surface area (Å²) in [6.07, 6.45) is 6.46. The van der Waals surface area contributed by atoms with E-state index in [1.165, 1.54) is 19.3 Å². The Hall–Kier alpha value is -2.04. The second-order valence-electron chi connectivity index (χ2n) is 8.16. The van der Waals surface area contributed by atoms with E-state index in [0.717, 1.165) is 23.3 Å². The standard InChI is InChI=1S/C23H24Cl2N2O2/c1-23-11-3-2-4-19(23)21(23)22(28)27-26-13-15-5-9-18(10-6-15)29-14-16-7-8-17(24)12-20(16)25/h5-10,12-13,19,21H,2-4,11,14H2,1H3,(H,27,28). The summed E-state index contributed by atoms with van der Waals surface area (Å²) in [7, 11) is 0. The zero-order valence-electron chi connectivity index (χ0n) is 16.3. The second kappa shape index (κ2) is 8.37. The van der Waals surface area contributed by atoms with Gasteiger partial charge in [0.05, 0.1) is 6.21 Å². The van der Waals surface area contributed by atoms with E-state index in [4.69, 9.17) is 27.9 Å². The van der Waals surface area contributed by atoms with Crippen LogP contribution >= 0.6 is 23.2 Å². The van der Waals surface area contributed by atoms with Gasteiger partial charge in [0, 0.05) is 21.5 Å². The number of hydrogen-bond donors (Lipinski definition) is 1. The van der Waals surface area contributed by atoms with E-state index in [0.29, 0.717) is 22.6 Å². The van der Waals surface area contributed by atoms with Crippen molar-refractivity contribution in [2.24, 2.45) is 22.4 Å². The van der Waals surface area contributed by atoms with Crippen LogP contribution in [0.2, 0.25) is 10.0 Å². The van der Waals surface area contributed by atoms with E-state index in [-0.39, 0.29) is 17.2 Å². The average molecular weight is 431 g/mol. The fourth-order valence-electron chi connectivity index (χ4n) is 4.54.